The maximum absolute atomic E-state index is 12.8. The minimum Gasteiger partial charge on any atom is -0.462 e. The Morgan fingerprint density at radius 1 is 1.03 bits per heavy atom. The van der Waals surface area contributed by atoms with Crippen LogP contribution in [-0.2, 0) is 25.3 Å². The highest BCUT2D eigenvalue weighted by Gasteiger charge is 2.31. The Bertz CT molecular complexity index is 1150. The summed E-state index contributed by atoms with van der Waals surface area (Å²) in [6.07, 6.45) is 0.760. The van der Waals surface area contributed by atoms with Crippen LogP contribution in [0.5, 0.6) is 0 Å². The van der Waals surface area contributed by atoms with Gasteiger partial charge in [0.1, 0.15) is 0 Å². The van der Waals surface area contributed by atoms with Gasteiger partial charge in [-0.25, -0.2) is 17.5 Å². The molecule has 0 atom stereocenters. The van der Waals surface area contributed by atoms with Crippen LogP contribution in [0.4, 0.5) is 5.69 Å². The Morgan fingerprint density at radius 3 is 2.33 bits per heavy atom. The normalized spacial score (nSPS) is 15.3. The van der Waals surface area contributed by atoms with Gasteiger partial charge in [-0.3, -0.25) is 4.79 Å². The molecule has 1 aliphatic rings. The zero-order chi connectivity index (χ0) is 24.2. The molecule has 1 aliphatic heterocycles. The van der Waals surface area contributed by atoms with E-state index in [1.54, 1.807) is 31.2 Å². The molecule has 33 heavy (non-hydrogen) atoms. The average Bonchev–Trinajstić information content (AvgIpc) is 2.77. The third kappa shape index (κ3) is 6.61. The molecule has 0 bridgehead atoms. The lowest BCUT2D eigenvalue weighted by Gasteiger charge is -2.30. The van der Waals surface area contributed by atoms with E-state index in [2.05, 4.69) is 5.32 Å². The molecule has 1 heterocycles. The first-order valence-electron chi connectivity index (χ1n) is 10.3. The van der Waals surface area contributed by atoms with Crippen molar-refractivity contribution < 1.29 is 22.7 Å². The SMILES string of the molecule is CCOC(=O)c1ccc(NC(=O)C2CCN(S(=O)(=O)Cc3ccc(Cl)c(Cl)c3)CC2)c(Cl)c1. The lowest BCUT2D eigenvalue weighted by Crippen LogP contribution is -2.41. The van der Waals surface area contributed by atoms with Gasteiger partial charge < -0.3 is 10.1 Å². The highest BCUT2D eigenvalue weighted by molar-refractivity contribution is 7.88. The van der Waals surface area contributed by atoms with E-state index < -0.39 is 16.0 Å². The number of piperidine rings is 1. The van der Waals surface area contributed by atoms with E-state index in [-0.39, 0.29) is 42.3 Å². The van der Waals surface area contributed by atoms with Crippen molar-refractivity contribution in [3.8, 4) is 0 Å². The molecule has 3 rings (SSSR count). The first-order chi connectivity index (χ1) is 15.6. The van der Waals surface area contributed by atoms with Crippen LogP contribution in [0.25, 0.3) is 0 Å². The van der Waals surface area contributed by atoms with Crippen LogP contribution in [0.1, 0.15) is 35.7 Å². The van der Waals surface area contributed by atoms with Gasteiger partial charge in [0.2, 0.25) is 15.9 Å². The van der Waals surface area contributed by atoms with Gasteiger partial charge in [-0.2, -0.15) is 0 Å². The van der Waals surface area contributed by atoms with Gasteiger partial charge in [-0.15, -0.1) is 0 Å². The van der Waals surface area contributed by atoms with Gasteiger partial charge in [0.05, 0.1) is 38.7 Å². The van der Waals surface area contributed by atoms with E-state index in [9.17, 15) is 18.0 Å². The van der Waals surface area contributed by atoms with Gasteiger partial charge in [-0.1, -0.05) is 40.9 Å². The quantitative estimate of drug-likeness (QED) is 0.505. The van der Waals surface area contributed by atoms with Gasteiger partial charge in [-0.05, 0) is 55.7 Å². The van der Waals surface area contributed by atoms with E-state index in [0.717, 1.165) is 0 Å². The highest BCUT2D eigenvalue weighted by Crippen LogP contribution is 2.28. The Labute approximate surface area is 208 Å². The molecule has 0 radical (unpaired) electrons. The number of hydrogen-bond donors (Lipinski definition) is 1. The molecule has 7 nitrogen and oxygen atoms in total. The number of nitrogens with one attached hydrogen (secondary N) is 1. The van der Waals surface area contributed by atoms with Crippen molar-refractivity contribution in [2.45, 2.75) is 25.5 Å². The Kier molecular flexibility index (Phi) is 8.64. The molecule has 1 N–H and O–H groups in total. The van der Waals surface area contributed by atoms with Crippen molar-refractivity contribution in [3.63, 3.8) is 0 Å². The van der Waals surface area contributed by atoms with Crippen LogP contribution in [-0.4, -0.2) is 44.3 Å². The van der Waals surface area contributed by atoms with Crippen molar-refractivity contribution in [2.75, 3.05) is 25.0 Å². The number of benzene rings is 2. The number of amides is 1. The molecular weight excluding hydrogens is 511 g/mol. The number of sulfonamides is 1. The zero-order valence-corrected chi connectivity index (χ0v) is 20.9. The standard InChI is InChI=1S/C22H23Cl3N2O5S/c1-2-32-22(29)16-4-6-20(19(25)12-16)26-21(28)15-7-9-27(10-8-15)33(30,31)13-14-3-5-17(23)18(24)11-14/h3-6,11-12,15H,2,7-10,13H2,1H3,(H,26,28). The van der Waals surface area contributed by atoms with Gasteiger partial charge in [0.15, 0.2) is 0 Å². The van der Waals surface area contributed by atoms with Crippen molar-refractivity contribution in [1.82, 2.24) is 4.31 Å². The van der Waals surface area contributed by atoms with E-state index in [4.69, 9.17) is 39.5 Å². The largest absolute Gasteiger partial charge is 0.462 e. The van der Waals surface area contributed by atoms with Gasteiger partial charge >= 0.3 is 5.97 Å². The topological polar surface area (TPSA) is 92.8 Å². The number of hydrogen-bond acceptors (Lipinski definition) is 5. The number of carbonyl (C=O) groups excluding carboxylic acids is 2. The molecule has 0 spiro atoms. The summed E-state index contributed by atoms with van der Waals surface area (Å²) in [5.74, 6) is -1.29. The smallest absolute Gasteiger partial charge is 0.338 e. The zero-order valence-electron chi connectivity index (χ0n) is 17.8. The molecule has 0 aromatic heterocycles. The van der Waals surface area contributed by atoms with E-state index in [0.29, 0.717) is 39.7 Å². The second-order valence-corrected chi connectivity index (χ2v) is 10.8. The molecule has 11 heteroatoms. The molecule has 0 aliphatic carbocycles. The summed E-state index contributed by atoms with van der Waals surface area (Å²) in [6, 6.07) is 9.24. The predicted molar refractivity (Wildman–Crippen MR) is 129 cm³/mol. The Balaban J connectivity index is 1.57. The second-order valence-electron chi connectivity index (χ2n) is 7.58. The Morgan fingerprint density at radius 2 is 1.73 bits per heavy atom. The summed E-state index contributed by atoms with van der Waals surface area (Å²) in [5.41, 5.74) is 1.22. The van der Waals surface area contributed by atoms with E-state index in [1.807, 2.05) is 0 Å². The minimum absolute atomic E-state index is 0.191. The highest BCUT2D eigenvalue weighted by atomic mass is 35.5. The maximum atomic E-state index is 12.8. The minimum atomic E-state index is -3.56. The number of nitrogens with zero attached hydrogens (tertiary/aromatic N) is 1. The number of esters is 1. The lowest BCUT2D eigenvalue weighted by atomic mass is 9.97. The van der Waals surface area contributed by atoms with Crippen LogP contribution >= 0.6 is 34.8 Å². The fourth-order valence-corrected chi connectivity index (χ4v) is 5.62. The molecule has 0 unspecified atom stereocenters. The molecule has 1 saturated heterocycles. The number of rotatable bonds is 7. The predicted octanol–water partition coefficient (Wildman–Crippen LogP) is 5.00. The molecule has 0 saturated carbocycles. The number of ether oxygens (including phenoxy) is 1. The van der Waals surface area contributed by atoms with Crippen LogP contribution < -0.4 is 5.32 Å². The van der Waals surface area contributed by atoms with Gasteiger partial charge in [0.25, 0.3) is 0 Å². The summed E-state index contributed by atoms with van der Waals surface area (Å²) in [4.78, 5) is 24.5. The molecule has 1 amide bonds. The third-order valence-corrected chi connectivity index (χ3v) is 8.19. The van der Waals surface area contributed by atoms with Crippen molar-refractivity contribution in [3.05, 3.63) is 62.6 Å². The van der Waals surface area contributed by atoms with E-state index >= 15 is 0 Å². The van der Waals surface area contributed by atoms with Crippen molar-refractivity contribution in [2.24, 2.45) is 5.92 Å². The monoisotopic (exact) mass is 532 g/mol. The third-order valence-electron chi connectivity index (χ3n) is 5.29. The average molecular weight is 534 g/mol. The summed E-state index contributed by atoms with van der Waals surface area (Å²) >= 11 is 18.1. The van der Waals surface area contributed by atoms with Crippen molar-refractivity contribution >= 4 is 62.4 Å². The van der Waals surface area contributed by atoms with Crippen LogP contribution in [0.2, 0.25) is 15.1 Å². The molecule has 2 aromatic rings. The molecule has 178 valence electrons. The van der Waals surface area contributed by atoms with Gasteiger partial charge in [0, 0.05) is 19.0 Å². The molecule has 1 fully saturated rings. The molecular formula is C22H23Cl3N2O5S. The van der Waals surface area contributed by atoms with Crippen LogP contribution in [0.15, 0.2) is 36.4 Å². The van der Waals surface area contributed by atoms with Crippen LogP contribution in [0, 0.1) is 5.92 Å². The maximum Gasteiger partial charge on any atom is 0.338 e. The first-order valence-corrected chi connectivity index (χ1v) is 13.0. The van der Waals surface area contributed by atoms with Crippen LogP contribution in [0.3, 0.4) is 0 Å². The summed E-state index contributed by atoms with van der Waals surface area (Å²) < 4.78 is 31.9. The summed E-state index contributed by atoms with van der Waals surface area (Å²) in [5, 5.41) is 3.64. The fraction of sp³-hybridized carbons (Fsp3) is 0.364. The number of carbonyl (C=O) groups is 2. The number of halogens is 3. The lowest BCUT2D eigenvalue weighted by molar-refractivity contribution is -0.120. The summed E-state index contributed by atoms with van der Waals surface area (Å²) in [7, 11) is -3.56. The fourth-order valence-electron chi connectivity index (χ4n) is 3.52. The van der Waals surface area contributed by atoms with Crippen molar-refractivity contribution in [1.29, 1.82) is 0 Å². The van der Waals surface area contributed by atoms with E-state index in [1.165, 1.54) is 16.4 Å². The summed E-state index contributed by atoms with van der Waals surface area (Å²) in [6.45, 7) is 2.42. The number of anilines is 1. The first kappa shape index (κ1) is 25.8. The second kappa shape index (κ2) is 11.1. The Hall–Kier alpha value is -1.84. The molecule has 2 aromatic carbocycles.